The number of H-pyrrole nitrogens is 3. The molecule has 37 heavy (non-hydrogen) atoms. The van der Waals surface area contributed by atoms with Crippen LogP contribution in [0.1, 0.15) is 61.3 Å². The molecule has 0 spiro atoms. The molecule has 0 saturated heterocycles. The Labute approximate surface area is 217 Å². The number of nitrogens with zero attached hydrogens (tertiary/aromatic N) is 4. The number of aliphatic imine (C=N–C) groups is 3. The highest BCUT2D eigenvalue weighted by molar-refractivity contribution is 5.83. The lowest BCUT2D eigenvalue weighted by Gasteiger charge is -2.23. The van der Waals surface area contributed by atoms with Gasteiger partial charge >= 0.3 is 0 Å². The fraction of sp³-hybridized carbons (Fsp3) is 0.333. The zero-order valence-corrected chi connectivity index (χ0v) is 21.8. The fourth-order valence-corrected chi connectivity index (χ4v) is 5.16. The van der Waals surface area contributed by atoms with Crippen molar-refractivity contribution < 1.29 is 0 Å². The van der Waals surface area contributed by atoms with E-state index in [1.54, 1.807) is 0 Å². The fourth-order valence-electron chi connectivity index (χ4n) is 5.16. The predicted octanol–water partition coefficient (Wildman–Crippen LogP) is 6.33. The molecule has 3 aromatic heterocycles. The molecule has 6 heterocycles. The van der Waals surface area contributed by atoms with Crippen LogP contribution >= 0.6 is 0 Å². The maximum Gasteiger partial charge on any atom is 0.180 e. The van der Waals surface area contributed by atoms with E-state index in [4.69, 9.17) is 9.98 Å². The third-order valence-electron chi connectivity index (χ3n) is 7.44. The van der Waals surface area contributed by atoms with Crippen LogP contribution in [0.25, 0.3) is 12.2 Å². The topological polar surface area (TPSA) is 97.3 Å². The highest BCUT2D eigenvalue weighted by Gasteiger charge is 2.28. The van der Waals surface area contributed by atoms with Crippen LogP contribution in [-0.4, -0.2) is 44.3 Å². The maximum absolute atomic E-state index is 4.98. The van der Waals surface area contributed by atoms with Gasteiger partial charge in [0.1, 0.15) is 5.82 Å². The zero-order valence-electron chi connectivity index (χ0n) is 21.8. The van der Waals surface area contributed by atoms with E-state index in [9.17, 15) is 0 Å². The standard InChI is InChI=1S/C30H33N7/c1-28(2)11-7-23-25(36-37-27(23)33-18-28)15-29(3)12-8-22-21(16-32-26(22)34-19-29)14-30(4)10-5-6-24-20(17-35-30)9-13-31-24/h5,7-13,16-19,31-32H,6,14-15H2,1-4H3,(H,36,37)/b10-5-,35-17?. The number of aromatic nitrogens is 4. The Morgan fingerprint density at radius 2 is 1.78 bits per heavy atom. The first kappa shape index (κ1) is 23.4. The van der Waals surface area contributed by atoms with Gasteiger partial charge in [0.15, 0.2) is 5.82 Å². The molecule has 3 aliphatic heterocycles. The van der Waals surface area contributed by atoms with Crippen LogP contribution in [0.3, 0.4) is 0 Å². The number of rotatable bonds is 4. The Morgan fingerprint density at radius 3 is 2.68 bits per heavy atom. The Kier molecular flexibility index (Phi) is 5.40. The summed E-state index contributed by atoms with van der Waals surface area (Å²) in [5.74, 6) is 1.63. The van der Waals surface area contributed by atoms with Gasteiger partial charge in [-0.2, -0.15) is 5.10 Å². The van der Waals surface area contributed by atoms with Gasteiger partial charge in [-0.05, 0) is 18.6 Å². The third-order valence-corrected chi connectivity index (χ3v) is 7.44. The van der Waals surface area contributed by atoms with Crippen LogP contribution in [0, 0.1) is 10.8 Å². The van der Waals surface area contributed by atoms with Crippen LogP contribution in [-0.2, 0) is 19.3 Å². The van der Waals surface area contributed by atoms with Crippen molar-refractivity contribution in [2.45, 2.75) is 52.5 Å². The molecular formula is C30H33N7. The van der Waals surface area contributed by atoms with Crippen LogP contribution < -0.4 is 0 Å². The number of nitrogens with one attached hydrogen (secondary N) is 3. The van der Waals surface area contributed by atoms with E-state index in [1.165, 1.54) is 11.3 Å². The van der Waals surface area contributed by atoms with Crippen molar-refractivity contribution in [3.63, 3.8) is 0 Å². The maximum atomic E-state index is 4.98. The van der Waals surface area contributed by atoms with Crippen LogP contribution in [0.2, 0.25) is 0 Å². The normalized spacial score (nSPS) is 26.1. The smallest absolute Gasteiger partial charge is 0.180 e. The summed E-state index contributed by atoms with van der Waals surface area (Å²) in [7, 11) is 0. The van der Waals surface area contributed by atoms with Crippen molar-refractivity contribution in [2.24, 2.45) is 25.8 Å². The molecule has 0 aliphatic carbocycles. The van der Waals surface area contributed by atoms with Crippen molar-refractivity contribution in [1.29, 1.82) is 0 Å². The van der Waals surface area contributed by atoms with E-state index in [0.717, 1.165) is 53.3 Å². The molecule has 7 heteroatoms. The molecule has 2 atom stereocenters. The highest BCUT2D eigenvalue weighted by atomic mass is 15.2. The first-order valence-corrected chi connectivity index (χ1v) is 12.9. The Hall–Kier alpha value is -4.00. The summed E-state index contributed by atoms with van der Waals surface area (Å²) < 4.78 is 0. The van der Waals surface area contributed by atoms with Gasteiger partial charge in [-0.25, -0.2) is 9.98 Å². The van der Waals surface area contributed by atoms with Crippen LogP contribution in [0.4, 0.5) is 11.6 Å². The largest absolute Gasteiger partial charge is 0.364 e. The molecule has 0 aromatic carbocycles. The lowest BCUT2D eigenvalue weighted by Crippen LogP contribution is -2.23. The molecule has 0 bridgehead atoms. The minimum Gasteiger partial charge on any atom is -0.364 e. The Bertz CT molecular complexity index is 1520. The van der Waals surface area contributed by atoms with Crippen molar-refractivity contribution in [2.75, 3.05) is 0 Å². The van der Waals surface area contributed by atoms with E-state index < -0.39 is 0 Å². The molecule has 0 fully saturated rings. The van der Waals surface area contributed by atoms with Gasteiger partial charge in [0, 0.05) is 89.2 Å². The zero-order chi connectivity index (χ0) is 25.7. The van der Waals surface area contributed by atoms with E-state index >= 15 is 0 Å². The van der Waals surface area contributed by atoms with E-state index in [-0.39, 0.29) is 16.4 Å². The summed E-state index contributed by atoms with van der Waals surface area (Å²) in [5, 5.41) is 7.69. The number of allylic oxidation sites excluding steroid dienone is 3. The molecule has 2 unspecified atom stereocenters. The van der Waals surface area contributed by atoms with Crippen molar-refractivity contribution in [3.05, 3.63) is 76.4 Å². The number of aromatic amines is 3. The molecule has 188 valence electrons. The molecule has 3 N–H and O–H groups in total. The summed E-state index contributed by atoms with van der Waals surface area (Å²) in [4.78, 5) is 21.2. The van der Waals surface area contributed by atoms with Crippen molar-refractivity contribution >= 4 is 42.4 Å². The minimum absolute atomic E-state index is 0.0893. The van der Waals surface area contributed by atoms with Crippen molar-refractivity contribution in [1.82, 2.24) is 20.2 Å². The first-order chi connectivity index (χ1) is 17.7. The molecule has 7 nitrogen and oxygen atoms in total. The number of fused-ring (bicyclic) bond motifs is 3. The van der Waals surface area contributed by atoms with Gasteiger partial charge in [0.05, 0.1) is 5.54 Å². The number of hydrogen-bond acceptors (Lipinski definition) is 4. The Morgan fingerprint density at radius 1 is 0.919 bits per heavy atom. The molecule has 0 saturated carbocycles. The average Bonchev–Trinajstić information content (AvgIpc) is 3.50. The first-order valence-electron chi connectivity index (χ1n) is 12.9. The second-order valence-electron chi connectivity index (χ2n) is 11.5. The van der Waals surface area contributed by atoms with Gasteiger partial charge in [-0.15, -0.1) is 0 Å². The summed E-state index contributed by atoms with van der Waals surface area (Å²) in [6.45, 7) is 8.68. The molecule has 6 rings (SSSR count). The number of hydrogen-bond donors (Lipinski definition) is 3. The molecular weight excluding hydrogens is 458 g/mol. The van der Waals surface area contributed by atoms with Crippen LogP contribution in [0.15, 0.2) is 57.7 Å². The minimum atomic E-state index is -0.327. The molecule has 0 radical (unpaired) electrons. The molecule has 3 aliphatic rings. The summed E-state index contributed by atoms with van der Waals surface area (Å²) in [6, 6.07) is 2.08. The van der Waals surface area contributed by atoms with Gasteiger partial charge < -0.3 is 9.97 Å². The average molecular weight is 492 g/mol. The second-order valence-corrected chi connectivity index (χ2v) is 11.5. The van der Waals surface area contributed by atoms with Gasteiger partial charge in [0.2, 0.25) is 0 Å². The summed E-state index contributed by atoms with van der Waals surface area (Å²) >= 11 is 0. The van der Waals surface area contributed by atoms with E-state index in [1.807, 2.05) is 24.8 Å². The third kappa shape index (κ3) is 4.61. The van der Waals surface area contributed by atoms with Gasteiger partial charge in [-0.1, -0.05) is 57.2 Å². The lowest BCUT2D eigenvalue weighted by atomic mass is 9.84. The van der Waals surface area contributed by atoms with Crippen LogP contribution in [0.5, 0.6) is 0 Å². The lowest BCUT2D eigenvalue weighted by molar-refractivity contribution is 0.585. The molecule has 0 amide bonds. The second kappa shape index (κ2) is 8.54. The van der Waals surface area contributed by atoms with E-state index in [2.05, 4.69) is 102 Å². The highest BCUT2D eigenvalue weighted by Crippen LogP contribution is 2.37. The van der Waals surface area contributed by atoms with E-state index in [0.29, 0.717) is 0 Å². The quantitative estimate of drug-likeness (QED) is 0.365. The predicted molar refractivity (Wildman–Crippen MR) is 153 cm³/mol. The van der Waals surface area contributed by atoms with Crippen molar-refractivity contribution in [3.8, 4) is 0 Å². The monoisotopic (exact) mass is 491 g/mol. The molecule has 3 aromatic rings. The summed E-state index contributed by atoms with van der Waals surface area (Å²) in [6.07, 6.45) is 25.7. The van der Waals surface area contributed by atoms with Gasteiger partial charge in [-0.3, -0.25) is 10.1 Å². The SMILES string of the molecule is CC1(C)C=Cc2c(n[nH]c2CC2(C)C=Cc3c(CC4(C)/C=C\Cc5[nH]ccc5C=N4)c[nH]c3N=C2)N=C1. The Balaban J connectivity index is 1.25. The summed E-state index contributed by atoms with van der Waals surface area (Å²) in [5.41, 5.74) is 6.13. The van der Waals surface area contributed by atoms with Gasteiger partial charge in [0.25, 0.3) is 0 Å².